The van der Waals surface area contributed by atoms with Crippen molar-refractivity contribution >= 4 is 32.0 Å². The SMILES string of the molecule is CC(C)(C)[Si](C)(C)OC(C(Cc1cc(F)cc(F)c1)NC(=O)c1cccc(C(N)=O)c1)C1CC(=O)CN1C(=O)O. The minimum Gasteiger partial charge on any atom is -0.465 e. The third-order valence-electron chi connectivity index (χ3n) is 7.55. The number of nitrogens with one attached hydrogen (secondary N) is 1. The van der Waals surface area contributed by atoms with Crippen molar-refractivity contribution in [3.05, 3.63) is 70.8 Å². The van der Waals surface area contributed by atoms with Crippen molar-refractivity contribution in [2.75, 3.05) is 6.54 Å². The Morgan fingerprint density at radius 3 is 2.27 bits per heavy atom. The van der Waals surface area contributed by atoms with Crippen molar-refractivity contribution in [1.29, 1.82) is 0 Å². The third-order valence-corrected chi connectivity index (χ3v) is 12.0. The van der Waals surface area contributed by atoms with Gasteiger partial charge < -0.3 is 20.6 Å². The van der Waals surface area contributed by atoms with Gasteiger partial charge in [0.15, 0.2) is 14.1 Å². The normalized spacial score (nSPS) is 17.4. The molecule has 3 amide bonds. The zero-order valence-electron chi connectivity index (χ0n) is 23.2. The molecular weight excluding hydrogens is 540 g/mol. The van der Waals surface area contributed by atoms with Crippen LogP contribution in [0, 0.1) is 11.6 Å². The topological polar surface area (TPSA) is 139 Å². The minimum atomic E-state index is -2.67. The van der Waals surface area contributed by atoms with E-state index in [1.807, 2.05) is 33.9 Å². The highest BCUT2D eigenvalue weighted by molar-refractivity contribution is 6.74. The number of halogens is 2. The first kappa shape index (κ1) is 30.9. The lowest BCUT2D eigenvalue weighted by atomic mass is 9.94. The van der Waals surface area contributed by atoms with E-state index in [1.54, 1.807) is 0 Å². The number of Topliss-reactive ketones (excluding diaryl/α,β-unsaturated/α-hetero) is 1. The number of ketones is 1. The summed E-state index contributed by atoms with van der Waals surface area (Å²) in [5.41, 5.74) is 5.75. The zero-order chi connectivity index (χ0) is 30.0. The van der Waals surface area contributed by atoms with E-state index < -0.39 is 56.0 Å². The number of carbonyl (C=O) groups is 4. The summed E-state index contributed by atoms with van der Waals surface area (Å²) in [5.74, 6) is -3.33. The Kier molecular flexibility index (Phi) is 9.15. The summed E-state index contributed by atoms with van der Waals surface area (Å²) in [6, 6.07) is 6.69. The molecule has 0 aromatic heterocycles. The van der Waals surface area contributed by atoms with E-state index in [2.05, 4.69) is 5.32 Å². The van der Waals surface area contributed by atoms with Gasteiger partial charge in [0, 0.05) is 23.6 Å². The number of hydrogen-bond donors (Lipinski definition) is 3. The van der Waals surface area contributed by atoms with Crippen LogP contribution in [0.5, 0.6) is 0 Å². The van der Waals surface area contributed by atoms with Gasteiger partial charge in [0.25, 0.3) is 5.91 Å². The Balaban J connectivity index is 2.12. The molecule has 40 heavy (non-hydrogen) atoms. The fourth-order valence-corrected chi connectivity index (χ4v) is 5.82. The van der Waals surface area contributed by atoms with Crippen LogP contribution in [0.2, 0.25) is 18.1 Å². The second kappa shape index (κ2) is 11.8. The number of hydrogen-bond acceptors (Lipinski definition) is 5. The van der Waals surface area contributed by atoms with Crippen LogP contribution in [0.1, 0.15) is 53.5 Å². The molecule has 1 aliphatic heterocycles. The molecule has 0 radical (unpaired) electrons. The third kappa shape index (κ3) is 7.30. The maximum absolute atomic E-state index is 14.1. The van der Waals surface area contributed by atoms with Gasteiger partial charge in [0.2, 0.25) is 5.91 Å². The van der Waals surface area contributed by atoms with Gasteiger partial charge in [-0.05, 0) is 60.4 Å². The van der Waals surface area contributed by atoms with Crippen LogP contribution in [0.25, 0.3) is 0 Å². The van der Waals surface area contributed by atoms with Crippen molar-refractivity contribution < 1.29 is 37.5 Å². The van der Waals surface area contributed by atoms with Crippen molar-refractivity contribution in [2.24, 2.45) is 5.73 Å². The Bertz CT molecular complexity index is 1290. The minimum absolute atomic E-state index is 0.0930. The Morgan fingerprint density at radius 2 is 1.73 bits per heavy atom. The van der Waals surface area contributed by atoms with Gasteiger partial charge in [-0.2, -0.15) is 0 Å². The van der Waals surface area contributed by atoms with Crippen molar-refractivity contribution in [3.63, 3.8) is 0 Å². The molecule has 2 aromatic rings. The summed E-state index contributed by atoms with van der Waals surface area (Å²) < 4.78 is 35.0. The van der Waals surface area contributed by atoms with Crippen molar-refractivity contribution in [3.8, 4) is 0 Å². The fraction of sp³-hybridized carbons (Fsp3) is 0.429. The molecule has 0 saturated carbocycles. The maximum Gasteiger partial charge on any atom is 0.408 e. The predicted molar refractivity (Wildman–Crippen MR) is 146 cm³/mol. The number of likely N-dealkylation sites (tertiary alicyclic amines) is 1. The molecule has 3 unspecified atom stereocenters. The van der Waals surface area contributed by atoms with Crippen molar-refractivity contribution in [2.45, 2.75) is 69.9 Å². The van der Waals surface area contributed by atoms with Crippen LogP contribution in [-0.4, -0.2) is 66.7 Å². The largest absolute Gasteiger partial charge is 0.465 e. The summed E-state index contributed by atoms with van der Waals surface area (Å²) in [4.78, 5) is 50.7. The number of primary amides is 1. The smallest absolute Gasteiger partial charge is 0.408 e. The van der Waals surface area contributed by atoms with E-state index in [4.69, 9.17) is 10.2 Å². The highest BCUT2D eigenvalue weighted by Gasteiger charge is 2.48. The van der Waals surface area contributed by atoms with Gasteiger partial charge in [0.1, 0.15) is 11.6 Å². The first-order chi connectivity index (χ1) is 18.5. The quantitative estimate of drug-likeness (QED) is 0.385. The second-order valence-corrected chi connectivity index (χ2v) is 16.3. The number of nitrogens with zero attached hydrogens (tertiary/aromatic N) is 1. The van der Waals surface area contributed by atoms with Gasteiger partial charge in [-0.1, -0.05) is 26.8 Å². The van der Waals surface area contributed by atoms with Crippen molar-refractivity contribution in [1.82, 2.24) is 10.2 Å². The average Bonchev–Trinajstić information content (AvgIpc) is 3.22. The maximum atomic E-state index is 14.1. The van der Waals surface area contributed by atoms with E-state index in [1.165, 1.54) is 24.3 Å². The van der Waals surface area contributed by atoms with Gasteiger partial charge in [0.05, 0.1) is 24.7 Å². The highest BCUT2D eigenvalue weighted by Crippen LogP contribution is 2.39. The standard InChI is InChI=1S/C28H35F2N3O6Si/c1-28(2,3)40(4,5)39-24(23-14-21(34)15-33(23)27(37)38)22(11-16-9-19(29)13-20(30)10-16)32-26(36)18-8-6-7-17(12-18)25(31)35/h6-10,12-13,22-24H,11,14-15H2,1-5H3,(H2,31,35)(H,32,36)(H,37,38). The summed E-state index contributed by atoms with van der Waals surface area (Å²) in [6.45, 7) is 9.49. The molecular formula is C28H35F2N3O6Si. The molecule has 1 heterocycles. The molecule has 1 saturated heterocycles. The molecule has 2 aromatic carbocycles. The lowest BCUT2D eigenvalue weighted by Crippen LogP contribution is -2.59. The summed E-state index contributed by atoms with van der Waals surface area (Å²) >= 11 is 0. The Morgan fingerprint density at radius 1 is 1.12 bits per heavy atom. The monoisotopic (exact) mass is 575 g/mol. The molecule has 0 aliphatic carbocycles. The molecule has 3 rings (SSSR count). The number of carbonyl (C=O) groups excluding carboxylic acids is 3. The molecule has 12 heteroatoms. The van der Waals surface area contributed by atoms with E-state index >= 15 is 0 Å². The predicted octanol–water partition coefficient (Wildman–Crippen LogP) is 4.12. The highest BCUT2D eigenvalue weighted by atomic mass is 28.4. The van der Waals surface area contributed by atoms with Crippen LogP contribution in [0.15, 0.2) is 42.5 Å². The van der Waals surface area contributed by atoms with E-state index in [9.17, 15) is 33.1 Å². The van der Waals surface area contributed by atoms with Crippen LogP contribution < -0.4 is 11.1 Å². The number of rotatable bonds is 9. The molecule has 4 N–H and O–H groups in total. The lowest BCUT2D eigenvalue weighted by molar-refractivity contribution is -0.117. The van der Waals surface area contributed by atoms with Gasteiger partial charge >= 0.3 is 6.09 Å². The number of amides is 3. The van der Waals surface area contributed by atoms with E-state index in [0.717, 1.165) is 23.1 Å². The number of nitrogens with two attached hydrogens (primary N) is 1. The average molecular weight is 576 g/mol. The van der Waals surface area contributed by atoms with Gasteiger partial charge in [-0.3, -0.25) is 19.3 Å². The molecule has 9 nitrogen and oxygen atoms in total. The Hall–Kier alpha value is -3.64. The van der Waals surface area contributed by atoms with Gasteiger partial charge in [-0.25, -0.2) is 13.6 Å². The number of benzene rings is 2. The van der Waals surface area contributed by atoms with E-state index in [-0.39, 0.29) is 46.9 Å². The molecule has 3 atom stereocenters. The molecule has 0 bridgehead atoms. The molecule has 1 aliphatic rings. The van der Waals surface area contributed by atoms with Crippen LogP contribution in [0.4, 0.5) is 13.6 Å². The zero-order valence-corrected chi connectivity index (χ0v) is 24.2. The second-order valence-electron chi connectivity index (χ2n) is 11.6. The van der Waals surface area contributed by atoms with Crippen LogP contribution >= 0.6 is 0 Å². The first-order valence-electron chi connectivity index (χ1n) is 12.8. The summed E-state index contributed by atoms with van der Waals surface area (Å²) in [7, 11) is -2.67. The summed E-state index contributed by atoms with van der Waals surface area (Å²) in [5, 5.41) is 12.4. The molecule has 0 spiro atoms. The number of carboxylic acid groups (broad SMARTS) is 1. The van der Waals surface area contributed by atoms with Crippen LogP contribution in [-0.2, 0) is 15.6 Å². The lowest BCUT2D eigenvalue weighted by Gasteiger charge is -2.44. The van der Waals surface area contributed by atoms with Crippen LogP contribution in [0.3, 0.4) is 0 Å². The molecule has 1 fully saturated rings. The summed E-state index contributed by atoms with van der Waals surface area (Å²) in [6.07, 6.45) is -2.64. The molecule has 216 valence electrons. The van der Waals surface area contributed by atoms with Gasteiger partial charge in [-0.15, -0.1) is 0 Å². The Labute approximate surface area is 232 Å². The van der Waals surface area contributed by atoms with E-state index in [0.29, 0.717) is 0 Å². The first-order valence-corrected chi connectivity index (χ1v) is 15.7. The fourth-order valence-electron chi connectivity index (χ4n) is 4.46.